The number of aryl methyl sites for hydroxylation is 1. The van der Waals surface area contributed by atoms with Gasteiger partial charge in [-0.25, -0.2) is 0 Å². The van der Waals surface area contributed by atoms with E-state index in [0.717, 1.165) is 5.56 Å². The van der Waals surface area contributed by atoms with Crippen LogP contribution in [0.15, 0.2) is 48.7 Å². The van der Waals surface area contributed by atoms with Gasteiger partial charge in [-0.2, -0.15) is 0 Å². The second kappa shape index (κ2) is 10.6. The van der Waals surface area contributed by atoms with Gasteiger partial charge in [0.15, 0.2) is 0 Å². The number of rotatable bonds is 9. The SMILES string of the molecule is CC(=O)NC(CC(C)C)C(=O)NC(C)C(NC(=O)c1cccn1C)c1ccccc1. The molecule has 0 radical (unpaired) electrons. The lowest BCUT2D eigenvalue weighted by Gasteiger charge is -2.29. The molecule has 0 saturated heterocycles. The Morgan fingerprint density at radius 2 is 1.60 bits per heavy atom. The molecule has 30 heavy (non-hydrogen) atoms. The van der Waals surface area contributed by atoms with Gasteiger partial charge in [0.1, 0.15) is 11.7 Å². The van der Waals surface area contributed by atoms with Crippen LogP contribution in [-0.4, -0.2) is 34.4 Å². The lowest BCUT2D eigenvalue weighted by atomic mass is 9.98. The van der Waals surface area contributed by atoms with Crippen molar-refractivity contribution in [1.82, 2.24) is 20.5 Å². The highest BCUT2D eigenvalue weighted by atomic mass is 16.2. The average Bonchev–Trinajstić information content (AvgIpc) is 3.11. The number of hydrogen-bond acceptors (Lipinski definition) is 3. The zero-order valence-corrected chi connectivity index (χ0v) is 18.3. The van der Waals surface area contributed by atoms with E-state index in [1.54, 1.807) is 10.6 Å². The van der Waals surface area contributed by atoms with E-state index < -0.39 is 18.1 Å². The van der Waals surface area contributed by atoms with Crippen LogP contribution >= 0.6 is 0 Å². The van der Waals surface area contributed by atoms with Gasteiger partial charge in [-0.15, -0.1) is 0 Å². The van der Waals surface area contributed by atoms with Crippen molar-refractivity contribution in [3.8, 4) is 0 Å². The Bertz CT molecular complexity index is 860. The van der Waals surface area contributed by atoms with Crippen molar-refractivity contribution in [2.24, 2.45) is 13.0 Å². The van der Waals surface area contributed by atoms with Gasteiger partial charge in [-0.1, -0.05) is 44.2 Å². The van der Waals surface area contributed by atoms with Crippen LogP contribution in [0.3, 0.4) is 0 Å². The highest BCUT2D eigenvalue weighted by Gasteiger charge is 2.27. The summed E-state index contributed by atoms with van der Waals surface area (Å²) in [5, 5.41) is 8.74. The summed E-state index contributed by atoms with van der Waals surface area (Å²) in [7, 11) is 1.81. The van der Waals surface area contributed by atoms with Gasteiger partial charge in [0.05, 0.1) is 12.1 Å². The van der Waals surface area contributed by atoms with Gasteiger partial charge in [-0.3, -0.25) is 14.4 Å². The van der Waals surface area contributed by atoms with Gasteiger partial charge in [-0.05, 0) is 37.0 Å². The predicted octanol–water partition coefficient (Wildman–Crippen LogP) is 2.55. The van der Waals surface area contributed by atoms with Crippen molar-refractivity contribution < 1.29 is 14.4 Å². The Morgan fingerprint density at radius 1 is 0.933 bits per heavy atom. The number of nitrogens with one attached hydrogen (secondary N) is 3. The van der Waals surface area contributed by atoms with Crippen LogP contribution < -0.4 is 16.0 Å². The van der Waals surface area contributed by atoms with Crippen molar-refractivity contribution in [2.45, 2.75) is 52.2 Å². The molecule has 1 aromatic heterocycles. The van der Waals surface area contributed by atoms with Crippen molar-refractivity contribution in [2.75, 3.05) is 0 Å². The number of amides is 3. The number of benzene rings is 1. The molecule has 3 atom stereocenters. The van der Waals surface area contributed by atoms with Crippen molar-refractivity contribution in [1.29, 1.82) is 0 Å². The molecule has 2 rings (SSSR count). The summed E-state index contributed by atoms with van der Waals surface area (Å²) in [5.41, 5.74) is 1.41. The van der Waals surface area contributed by atoms with Crippen LogP contribution in [0.4, 0.5) is 0 Å². The maximum Gasteiger partial charge on any atom is 0.268 e. The molecule has 162 valence electrons. The lowest BCUT2D eigenvalue weighted by Crippen LogP contribution is -2.52. The molecule has 0 saturated carbocycles. The van der Waals surface area contributed by atoms with Crippen LogP contribution in [-0.2, 0) is 16.6 Å². The number of aromatic nitrogens is 1. The zero-order valence-electron chi connectivity index (χ0n) is 18.3. The molecule has 3 unspecified atom stereocenters. The third kappa shape index (κ3) is 6.47. The molecule has 0 aliphatic heterocycles. The normalized spacial score (nSPS) is 13.9. The summed E-state index contributed by atoms with van der Waals surface area (Å²) >= 11 is 0. The fraction of sp³-hybridized carbons (Fsp3) is 0.435. The van der Waals surface area contributed by atoms with Gasteiger partial charge in [0.25, 0.3) is 5.91 Å². The summed E-state index contributed by atoms with van der Waals surface area (Å²) < 4.78 is 1.75. The Labute approximate surface area is 178 Å². The van der Waals surface area contributed by atoms with Crippen molar-refractivity contribution in [3.05, 3.63) is 59.9 Å². The van der Waals surface area contributed by atoms with E-state index in [1.807, 2.05) is 70.4 Å². The second-order valence-corrected chi connectivity index (χ2v) is 8.05. The van der Waals surface area contributed by atoms with Crippen LogP contribution in [0.2, 0.25) is 0 Å². The fourth-order valence-electron chi connectivity index (χ4n) is 3.43. The van der Waals surface area contributed by atoms with E-state index in [0.29, 0.717) is 12.1 Å². The zero-order chi connectivity index (χ0) is 22.3. The Kier molecular flexibility index (Phi) is 8.21. The molecular weight excluding hydrogens is 380 g/mol. The molecule has 3 amide bonds. The maximum atomic E-state index is 12.9. The average molecular weight is 413 g/mol. The summed E-state index contributed by atoms with van der Waals surface area (Å²) in [6.07, 6.45) is 2.34. The number of carbonyl (C=O) groups excluding carboxylic acids is 3. The third-order valence-electron chi connectivity index (χ3n) is 4.89. The number of nitrogens with zero attached hydrogens (tertiary/aromatic N) is 1. The third-order valence-corrected chi connectivity index (χ3v) is 4.89. The molecule has 7 heteroatoms. The smallest absolute Gasteiger partial charge is 0.268 e. The molecule has 1 aromatic carbocycles. The van der Waals surface area contributed by atoms with Crippen molar-refractivity contribution in [3.63, 3.8) is 0 Å². The first-order valence-corrected chi connectivity index (χ1v) is 10.2. The molecule has 0 spiro atoms. The molecule has 3 N–H and O–H groups in total. The number of hydrogen-bond donors (Lipinski definition) is 3. The van der Waals surface area contributed by atoms with Gasteiger partial charge in [0.2, 0.25) is 11.8 Å². The summed E-state index contributed by atoms with van der Waals surface area (Å²) in [4.78, 5) is 37.2. The Hall–Kier alpha value is -3.09. The highest BCUT2D eigenvalue weighted by molar-refractivity contribution is 5.93. The summed E-state index contributed by atoms with van der Waals surface area (Å²) in [6.45, 7) is 7.24. The van der Waals surface area contributed by atoms with Crippen LogP contribution in [0, 0.1) is 5.92 Å². The molecule has 0 aliphatic carbocycles. The fourth-order valence-corrected chi connectivity index (χ4v) is 3.43. The monoisotopic (exact) mass is 412 g/mol. The van der Waals surface area contributed by atoms with E-state index in [4.69, 9.17) is 0 Å². The Morgan fingerprint density at radius 3 is 2.13 bits per heavy atom. The van der Waals surface area contributed by atoms with Crippen molar-refractivity contribution >= 4 is 17.7 Å². The minimum absolute atomic E-state index is 0.224. The summed E-state index contributed by atoms with van der Waals surface area (Å²) in [6, 6.07) is 11.6. The molecule has 0 aliphatic rings. The van der Waals surface area contributed by atoms with Crippen LogP contribution in [0.5, 0.6) is 0 Å². The lowest BCUT2D eigenvalue weighted by molar-refractivity contribution is -0.129. The molecule has 2 aromatic rings. The van der Waals surface area contributed by atoms with E-state index in [2.05, 4.69) is 16.0 Å². The van der Waals surface area contributed by atoms with E-state index in [1.165, 1.54) is 6.92 Å². The first-order valence-electron chi connectivity index (χ1n) is 10.2. The van der Waals surface area contributed by atoms with Crippen LogP contribution in [0.1, 0.15) is 56.2 Å². The quantitative estimate of drug-likeness (QED) is 0.591. The standard InChI is InChI=1S/C23H32N4O3/c1-15(2)14-19(25-17(4)28)22(29)24-16(3)21(18-10-7-6-8-11-18)26-23(30)20-12-9-13-27(20)5/h6-13,15-16,19,21H,14H2,1-5H3,(H,24,29)(H,25,28)(H,26,30). The molecule has 7 nitrogen and oxygen atoms in total. The maximum absolute atomic E-state index is 12.9. The second-order valence-electron chi connectivity index (χ2n) is 8.05. The molecule has 0 fully saturated rings. The minimum Gasteiger partial charge on any atom is -0.349 e. The topological polar surface area (TPSA) is 92.2 Å². The number of carbonyl (C=O) groups is 3. The molecule has 0 bridgehead atoms. The first-order chi connectivity index (χ1) is 14.2. The van der Waals surface area contributed by atoms with Crippen LogP contribution in [0.25, 0.3) is 0 Å². The van der Waals surface area contributed by atoms with E-state index in [-0.39, 0.29) is 23.6 Å². The summed E-state index contributed by atoms with van der Waals surface area (Å²) in [5.74, 6) is -0.497. The molecule has 1 heterocycles. The largest absolute Gasteiger partial charge is 0.349 e. The molecular formula is C23H32N4O3. The predicted molar refractivity (Wildman–Crippen MR) is 117 cm³/mol. The van der Waals surface area contributed by atoms with E-state index in [9.17, 15) is 14.4 Å². The minimum atomic E-state index is -0.620. The highest BCUT2D eigenvalue weighted by Crippen LogP contribution is 2.18. The Balaban J connectivity index is 2.20. The van der Waals surface area contributed by atoms with Gasteiger partial charge in [0, 0.05) is 20.2 Å². The van der Waals surface area contributed by atoms with E-state index >= 15 is 0 Å². The first kappa shape index (κ1) is 23.2. The van der Waals surface area contributed by atoms with Gasteiger partial charge < -0.3 is 20.5 Å². The van der Waals surface area contributed by atoms with Gasteiger partial charge >= 0.3 is 0 Å².